The van der Waals surface area contributed by atoms with Gasteiger partial charge in [0.05, 0.1) is 17.7 Å². The van der Waals surface area contributed by atoms with Crippen LogP contribution in [0.4, 0.5) is 4.79 Å². The molecule has 1 amide bonds. The second kappa shape index (κ2) is 7.04. The summed E-state index contributed by atoms with van der Waals surface area (Å²) in [6.07, 6.45) is -0.950. The lowest BCUT2D eigenvalue weighted by molar-refractivity contribution is -0.138. The number of nitrogens with zero attached hydrogens (tertiary/aromatic N) is 2. The van der Waals surface area contributed by atoms with Gasteiger partial charge in [0, 0.05) is 19.6 Å². The van der Waals surface area contributed by atoms with Crippen LogP contribution in [0.25, 0.3) is 0 Å². The van der Waals surface area contributed by atoms with Crippen molar-refractivity contribution in [2.75, 3.05) is 19.6 Å². The Hall–Kier alpha value is -1.35. The van der Waals surface area contributed by atoms with Gasteiger partial charge in [-0.1, -0.05) is 0 Å². The van der Waals surface area contributed by atoms with Gasteiger partial charge in [-0.3, -0.25) is 4.79 Å². The van der Waals surface area contributed by atoms with Gasteiger partial charge in [0.15, 0.2) is 0 Å². The number of carboxylic acid groups (broad SMARTS) is 1. The SMILES string of the molecule is CC(C)S(=O)(=O)N1CCN(C(=O)OC(C)(C)C)C(CC(=O)O)C1. The highest BCUT2D eigenvalue weighted by Gasteiger charge is 2.39. The highest BCUT2D eigenvalue weighted by Crippen LogP contribution is 2.21. The van der Waals surface area contributed by atoms with Gasteiger partial charge in [-0.2, -0.15) is 4.31 Å². The van der Waals surface area contributed by atoms with Gasteiger partial charge in [-0.25, -0.2) is 13.2 Å². The Morgan fingerprint density at radius 2 is 1.83 bits per heavy atom. The average molecular weight is 350 g/mol. The summed E-state index contributed by atoms with van der Waals surface area (Å²) in [5.41, 5.74) is -0.702. The number of hydrogen-bond acceptors (Lipinski definition) is 5. The topological polar surface area (TPSA) is 104 Å². The molecule has 8 nitrogen and oxygen atoms in total. The first-order valence-corrected chi connectivity index (χ1v) is 9.05. The number of hydrogen-bond donors (Lipinski definition) is 1. The summed E-state index contributed by atoms with van der Waals surface area (Å²) in [6, 6.07) is -0.746. The first-order valence-electron chi connectivity index (χ1n) is 7.55. The molecule has 134 valence electrons. The molecule has 0 saturated carbocycles. The molecule has 1 atom stereocenters. The van der Waals surface area contributed by atoms with E-state index >= 15 is 0 Å². The minimum Gasteiger partial charge on any atom is -0.481 e. The van der Waals surface area contributed by atoms with Crippen molar-refractivity contribution in [3.63, 3.8) is 0 Å². The molecule has 1 heterocycles. The Bertz CT molecular complexity index is 552. The standard InChI is InChI=1S/C14H26N2O6S/c1-10(2)23(20,21)15-6-7-16(11(9-15)8-12(17)18)13(19)22-14(3,4)5/h10-11H,6-9H2,1-5H3,(H,17,18). The Morgan fingerprint density at radius 3 is 2.26 bits per heavy atom. The minimum absolute atomic E-state index is 0.0357. The van der Waals surface area contributed by atoms with Crippen LogP contribution >= 0.6 is 0 Å². The largest absolute Gasteiger partial charge is 0.481 e. The molecular weight excluding hydrogens is 324 g/mol. The van der Waals surface area contributed by atoms with E-state index in [1.807, 2.05) is 0 Å². The Kier molecular flexibility index (Phi) is 6.03. The quantitative estimate of drug-likeness (QED) is 0.815. The van der Waals surface area contributed by atoms with Gasteiger partial charge in [0.2, 0.25) is 10.0 Å². The molecule has 0 radical (unpaired) electrons. The summed E-state index contributed by atoms with van der Waals surface area (Å²) in [4.78, 5) is 24.6. The van der Waals surface area contributed by atoms with Gasteiger partial charge in [0.1, 0.15) is 5.60 Å². The van der Waals surface area contributed by atoms with E-state index in [1.165, 1.54) is 9.21 Å². The van der Waals surface area contributed by atoms with Crippen LogP contribution in [0, 0.1) is 0 Å². The number of carbonyl (C=O) groups excluding carboxylic acids is 1. The zero-order chi connectivity index (χ0) is 18.0. The number of carbonyl (C=O) groups is 2. The zero-order valence-corrected chi connectivity index (χ0v) is 15.1. The third-order valence-electron chi connectivity index (χ3n) is 3.44. The molecule has 1 fully saturated rings. The molecule has 1 unspecified atom stereocenters. The summed E-state index contributed by atoms with van der Waals surface area (Å²) < 4.78 is 31.1. The fraction of sp³-hybridized carbons (Fsp3) is 0.857. The van der Waals surface area contributed by atoms with E-state index in [2.05, 4.69) is 0 Å². The van der Waals surface area contributed by atoms with Crippen molar-refractivity contribution < 1.29 is 27.9 Å². The molecule has 1 aliphatic rings. The Morgan fingerprint density at radius 1 is 1.26 bits per heavy atom. The maximum Gasteiger partial charge on any atom is 0.410 e. The summed E-state index contributed by atoms with van der Waals surface area (Å²) in [6.45, 7) is 8.51. The van der Waals surface area contributed by atoms with Crippen LogP contribution in [0.1, 0.15) is 41.0 Å². The maximum atomic E-state index is 12.3. The zero-order valence-electron chi connectivity index (χ0n) is 14.3. The summed E-state index contributed by atoms with van der Waals surface area (Å²) in [7, 11) is -3.49. The van der Waals surface area contributed by atoms with Crippen LogP contribution in [0.2, 0.25) is 0 Å². The van der Waals surface area contributed by atoms with E-state index in [-0.39, 0.29) is 26.1 Å². The molecule has 1 saturated heterocycles. The van der Waals surface area contributed by atoms with E-state index in [4.69, 9.17) is 9.84 Å². The van der Waals surface area contributed by atoms with Gasteiger partial charge < -0.3 is 14.7 Å². The first kappa shape index (κ1) is 19.7. The highest BCUT2D eigenvalue weighted by molar-refractivity contribution is 7.89. The molecule has 1 N–H and O–H groups in total. The normalized spacial score (nSPS) is 20.6. The second-order valence-electron chi connectivity index (χ2n) is 6.88. The van der Waals surface area contributed by atoms with Crippen LogP contribution in [0.15, 0.2) is 0 Å². The van der Waals surface area contributed by atoms with E-state index in [0.717, 1.165) is 0 Å². The van der Waals surface area contributed by atoms with E-state index in [0.29, 0.717) is 0 Å². The van der Waals surface area contributed by atoms with Crippen molar-refractivity contribution in [2.45, 2.75) is 57.9 Å². The second-order valence-corrected chi connectivity index (χ2v) is 9.37. The molecule has 9 heteroatoms. The monoisotopic (exact) mass is 350 g/mol. The fourth-order valence-electron chi connectivity index (χ4n) is 2.29. The third-order valence-corrected chi connectivity index (χ3v) is 5.68. The number of carboxylic acids is 1. The molecule has 1 aliphatic heterocycles. The van der Waals surface area contributed by atoms with Gasteiger partial charge >= 0.3 is 12.1 Å². The van der Waals surface area contributed by atoms with E-state index < -0.39 is 39.0 Å². The predicted molar refractivity (Wildman–Crippen MR) is 84.6 cm³/mol. The van der Waals surface area contributed by atoms with Gasteiger partial charge in [-0.05, 0) is 34.6 Å². The predicted octanol–water partition coefficient (Wildman–Crippen LogP) is 1.12. The van der Waals surface area contributed by atoms with Crippen molar-refractivity contribution in [3.05, 3.63) is 0 Å². The van der Waals surface area contributed by atoms with E-state index in [9.17, 15) is 18.0 Å². The van der Waals surface area contributed by atoms with Crippen molar-refractivity contribution in [3.8, 4) is 0 Å². The van der Waals surface area contributed by atoms with Crippen molar-refractivity contribution in [2.24, 2.45) is 0 Å². The molecule has 0 aliphatic carbocycles. The molecule has 0 aromatic rings. The molecule has 0 bridgehead atoms. The molecule has 23 heavy (non-hydrogen) atoms. The van der Waals surface area contributed by atoms with Crippen LogP contribution < -0.4 is 0 Å². The smallest absolute Gasteiger partial charge is 0.410 e. The van der Waals surface area contributed by atoms with Crippen LogP contribution in [-0.2, 0) is 19.6 Å². The number of piperazine rings is 1. The first-order chi connectivity index (χ1) is 10.3. The van der Waals surface area contributed by atoms with Crippen molar-refractivity contribution in [1.29, 1.82) is 0 Å². The Labute approximate surface area is 137 Å². The minimum atomic E-state index is -3.49. The number of ether oxygens (including phenoxy) is 1. The maximum absolute atomic E-state index is 12.3. The summed E-state index contributed by atoms with van der Waals surface area (Å²) in [5, 5.41) is 8.45. The molecule has 0 aromatic heterocycles. The van der Waals surface area contributed by atoms with Crippen LogP contribution in [0.3, 0.4) is 0 Å². The highest BCUT2D eigenvalue weighted by atomic mass is 32.2. The number of aliphatic carboxylic acids is 1. The average Bonchev–Trinajstić information content (AvgIpc) is 2.35. The van der Waals surface area contributed by atoms with Crippen molar-refractivity contribution >= 4 is 22.1 Å². The van der Waals surface area contributed by atoms with Crippen LogP contribution in [-0.4, -0.2) is 71.3 Å². The summed E-state index contributed by atoms with van der Waals surface area (Å²) >= 11 is 0. The Balaban J connectivity index is 2.95. The number of rotatable bonds is 4. The van der Waals surface area contributed by atoms with Gasteiger partial charge in [0.25, 0.3) is 0 Å². The number of sulfonamides is 1. The summed E-state index contributed by atoms with van der Waals surface area (Å²) in [5.74, 6) is -1.09. The molecule has 1 rings (SSSR count). The third kappa shape index (κ3) is 5.35. The molecular formula is C14H26N2O6S. The fourth-order valence-corrected chi connectivity index (χ4v) is 3.61. The number of amides is 1. The lowest BCUT2D eigenvalue weighted by Crippen LogP contribution is -2.58. The molecule has 0 spiro atoms. The van der Waals surface area contributed by atoms with E-state index in [1.54, 1.807) is 34.6 Å². The van der Waals surface area contributed by atoms with Crippen molar-refractivity contribution in [1.82, 2.24) is 9.21 Å². The van der Waals surface area contributed by atoms with Crippen LogP contribution in [0.5, 0.6) is 0 Å². The lowest BCUT2D eigenvalue weighted by atomic mass is 10.1. The lowest BCUT2D eigenvalue weighted by Gasteiger charge is -2.41. The van der Waals surface area contributed by atoms with Gasteiger partial charge in [-0.15, -0.1) is 0 Å². The molecule has 0 aromatic carbocycles.